The molecular formula is C27H39N7O. The van der Waals surface area contributed by atoms with Crippen LogP contribution in [0.3, 0.4) is 0 Å². The highest BCUT2D eigenvalue weighted by atomic mass is 16.2. The van der Waals surface area contributed by atoms with E-state index in [0.717, 1.165) is 54.8 Å². The molecule has 8 heteroatoms. The summed E-state index contributed by atoms with van der Waals surface area (Å²) in [7, 11) is 4.01. The Kier molecular flexibility index (Phi) is 7.21. The van der Waals surface area contributed by atoms with Crippen molar-refractivity contribution in [3.63, 3.8) is 0 Å². The molecule has 8 nitrogen and oxygen atoms in total. The van der Waals surface area contributed by atoms with E-state index >= 15 is 0 Å². The predicted octanol–water partition coefficient (Wildman–Crippen LogP) is 3.21. The van der Waals surface area contributed by atoms with Gasteiger partial charge < -0.3 is 26.5 Å². The summed E-state index contributed by atoms with van der Waals surface area (Å²) in [5, 5.41) is 5.06. The number of piperidine rings is 1. The normalized spacial score (nSPS) is 15.6. The van der Waals surface area contributed by atoms with Crippen molar-refractivity contribution in [1.29, 1.82) is 0 Å². The number of aromatic nitrogens is 2. The van der Waals surface area contributed by atoms with Gasteiger partial charge in [0.05, 0.1) is 5.69 Å². The second-order valence-corrected chi connectivity index (χ2v) is 10.4. The first-order chi connectivity index (χ1) is 16.7. The number of carbonyl (C=O) groups excluding carboxylic acids is 1. The second kappa shape index (κ2) is 10.2. The Morgan fingerprint density at radius 3 is 2.54 bits per heavy atom. The maximum absolute atomic E-state index is 12.5. The van der Waals surface area contributed by atoms with Gasteiger partial charge in [-0.15, -0.1) is 0 Å². The largest absolute Gasteiger partial charge is 0.354 e. The van der Waals surface area contributed by atoms with Crippen molar-refractivity contribution in [2.45, 2.75) is 51.9 Å². The number of nitrogens with two attached hydrogens (primary N) is 2. The Morgan fingerprint density at radius 2 is 1.94 bits per heavy atom. The van der Waals surface area contributed by atoms with Crippen molar-refractivity contribution in [2.75, 3.05) is 39.6 Å². The number of aryl methyl sites for hydroxylation is 1. The van der Waals surface area contributed by atoms with E-state index in [1.807, 2.05) is 32.1 Å². The highest BCUT2D eigenvalue weighted by molar-refractivity contribution is 5.92. The monoisotopic (exact) mass is 477 g/mol. The summed E-state index contributed by atoms with van der Waals surface area (Å²) >= 11 is 0. The van der Waals surface area contributed by atoms with E-state index < -0.39 is 0 Å². The molecule has 3 aromatic rings. The molecule has 188 valence electrons. The number of nitrogen functional groups attached to an aromatic ring is 1. The molecule has 1 aliphatic heterocycles. The number of amides is 1. The zero-order valence-electron chi connectivity index (χ0n) is 21.6. The first-order valence-corrected chi connectivity index (χ1v) is 12.5. The minimum Gasteiger partial charge on any atom is -0.354 e. The lowest BCUT2D eigenvalue weighted by molar-refractivity contribution is -0.132. The van der Waals surface area contributed by atoms with E-state index in [9.17, 15) is 4.79 Å². The zero-order valence-corrected chi connectivity index (χ0v) is 21.6. The molecule has 2 aromatic heterocycles. The number of rotatable bonds is 6. The molecular weight excluding hydrogens is 438 g/mol. The molecule has 1 aliphatic rings. The van der Waals surface area contributed by atoms with Crippen LogP contribution in [0, 0.1) is 6.92 Å². The Morgan fingerprint density at radius 1 is 1.23 bits per heavy atom. The van der Waals surface area contributed by atoms with Crippen LogP contribution in [0.2, 0.25) is 0 Å². The van der Waals surface area contributed by atoms with Gasteiger partial charge in [-0.1, -0.05) is 19.9 Å². The maximum Gasteiger partial charge on any atom is 0.223 e. The number of aromatic amines is 1. The minimum atomic E-state index is 0.269. The topological polar surface area (TPSA) is 109 Å². The number of likely N-dealkylation sites (tertiary alicyclic amines) is 1. The van der Waals surface area contributed by atoms with E-state index in [4.69, 9.17) is 11.7 Å². The molecule has 4 rings (SSSR count). The number of hydrogen-bond donors (Lipinski definition) is 3. The number of fused-ring (bicyclic) bond motifs is 1. The van der Waals surface area contributed by atoms with Crippen molar-refractivity contribution in [1.82, 2.24) is 19.5 Å². The molecule has 0 radical (unpaired) electrons. The standard InChI is InChI=1S/C27H39N7O/c1-17(2)25-22-15-20(19-8-12-33(13-9-19)24(35)10-11-32(4)5)6-7-23(22)30-26(25)21-14-18(3)27(31-28)34(29)16-21/h6-7,14-17,19,30H,8-13,28-29H2,1-5H3/b31-27-. The summed E-state index contributed by atoms with van der Waals surface area (Å²) in [4.78, 5) is 20.3. The average molecular weight is 478 g/mol. The van der Waals surface area contributed by atoms with Crippen molar-refractivity contribution < 1.29 is 4.79 Å². The van der Waals surface area contributed by atoms with Gasteiger partial charge in [0.2, 0.25) is 5.91 Å². The summed E-state index contributed by atoms with van der Waals surface area (Å²) in [6, 6.07) is 8.87. The van der Waals surface area contributed by atoms with Gasteiger partial charge in [0.25, 0.3) is 0 Å². The van der Waals surface area contributed by atoms with Crippen LogP contribution in [0.25, 0.3) is 22.2 Å². The summed E-state index contributed by atoms with van der Waals surface area (Å²) in [5.41, 5.74) is 7.35. The number of pyridine rings is 1. The van der Waals surface area contributed by atoms with Gasteiger partial charge in [0, 0.05) is 48.7 Å². The van der Waals surface area contributed by atoms with Gasteiger partial charge in [0.15, 0.2) is 5.49 Å². The quantitative estimate of drug-likeness (QED) is 0.374. The van der Waals surface area contributed by atoms with Crippen LogP contribution in [0.1, 0.15) is 61.6 Å². The third-order valence-corrected chi connectivity index (χ3v) is 7.19. The SMILES string of the molecule is Cc1cc(-c2[nH]c3ccc(C4CCN(C(=O)CCN(C)C)CC4)cc3c2C(C)C)cn(N)/c1=N\N. The fraction of sp³-hybridized carbons (Fsp3) is 0.481. The molecule has 1 fully saturated rings. The highest BCUT2D eigenvalue weighted by Crippen LogP contribution is 2.38. The van der Waals surface area contributed by atoms with Gasteiger partial charge >= 0.3 is 0 Å². The maximum atomic E-state index is 12.5. The number of carbonyl (C=O) groups is 1. The van der Waals surface area contributed by atoms with E-state index in [1.54, 1.807) is 0 Å². The zero-order chi connectivity index (χ0) is 25.3. The molecule has 0 unspecified atom stereocenters. The molecule has 5 N–H and O–H groups in total. The minimum absolute atomic E-state index is 0.269. The third kappa shape index (κ3) is 5.07. The molecule has 0 atom stereocenters. The van der Waals surface area contributed by atoms with E-state index in [0.29, 0.717) is 23.7 Å². The fourth-order valence-electron chi connectivity index (χ4n) is 5.31. The number of benzene rings is 1. The Bertz CT molecular complexity index is 1250. The smallest absolute Gasteiger partial charge is 0.223 e. The van der Waals surface area contributed by atoms with Crippen molar-refractivity contribution in [3.05, 3.63) is 52.6 Å². The van der Waals surface area contributed by atoms with Crippen LogP contribution in [-0.2, 0) is 4.79 Å². The van der Waals surface area contributed by atoms with Gasteiger partial charge in [-0.25, -0.2) is 0 Å². The van der Waals surface area contributed by atoms with Crippen LogP contribution in [0.15, 0.2) is 35.6 Å². The summed E-state index contributed by atoms with van der Waals surface area (Å²) in [6.45, 7) is 8.88. The lowest BCUT2D eigenvalue weighted by Gasteiger charge is -2.32. The lowest BCUT2D eigenvalue weighted by Crippen LogP contribution is -2.39. The molecule has 3 heterocycles. The molecule has 0 aliphatic carbocycles. The van der Waals surface area contributed by atoms with Crippen LogP contribution in [-0.4, -0.2) is 59.1 Å². The van der Waals surface area contributed by atoms with E-state index in [2.05, 4.69) is 53.1 Å². The lowest BCUT2D eigenvalue weighted by atomic mass is 9.87. The van der Waals surface area contributed by atoms with Crippen molar-refractivity contribution in [2.24, 2.45) is 10.9 Å². The van der Waals surface area contributed by atoms with Gasteiger partial charge in [0.1, 0.15) is 0 Å². The second-order valence-electron chi connectivity index (χ2n) is 10.4. The molecule has 1 saturated heterocycles. The average Bonchev–Trinajstić information content (AvgIpc) is 3.21. The first kappa shape index (κ1) is 24.9. The summed E-state index contributed by atoms with van der Waals surface area (Å²) < 4.78 is 1.49. The molecule has 35 heavy (non-hydrogen) atoms. The predicted molar refractivity (Wildman–Crippen MR) is 142 cm³/mol. The van der Waals surface area contributed by atoms with Crippen LogP contribution >= 0.6 is 0 Å². The van der Waals surface area contributed by atoms with E-state index in [-0.39, 0.29) is 5.91 Å². The number of H-pyrrole nitrogens is 1. The number of nitrogens with one attached hydrogen (secondary N) is 1. The summed E-state index contributed by atoms with van der Waals surface area (Å²) in [5.74, 6) is 12.8. The number of hydrogen-bond acceptors (Lipinski definition) is 5. The highest BCUT2D eigenvalue weighted by Gasteiger charge is 2.25. The van der Waals surface area contributed by atoms with Gasteiger partial charge in [-0.3, -0.25) is 9.47 Å². The Balaban J connectivity index is 1.62. The first-order valence-electron chi connectivity index (χ1n) is 12.5. The van der Waals surface area contributed by atoms with E-state index in [1.165, 1.54) is 21.2 Å². The van der Waals surface area contributed by atoms with Crippen molar-refractivity contribution >= 4 is 16.8 Å². The van der Waals surface area contributed by atoms with Crippen LogP contribution in [0.5, 0.6) is 0 Å². The molecule has 0 saturated carbocycles. The van der Waals surface area contributed by atoms with Crippen LogP contribution in [0.4, 0.5) is 0 Å². The molecule has 0 bridgehead atoms. The number of nitrogens with zero attached hydrogens (tertiary/aromatic N) is 4. The third-order valence-electron chi connectivity index (χ3n) is 7.19. The molecule has 1 aromatic carbocycles. The Labute approximate surface area is 207 Å². The molecule has 1 amide bonds. The Hall–Kier alpha value is -3.26. The molecule has 0 spiro atoms. The van der Waals surface area contributed by atoms with Gasteiger partial charge in [-0.05, 0) is 80.6 Å². The fourth-order valence-corrected chi connectivity index (χ4v) is 5.31. The van der Waals surface area contributed by atoms with Gasteiger partial charge in [-0.2, -0.15) is 5.10 Å². The summed E-state index contributed by atoms with van der Waals surface area (Å²) in [6.07, 6.45) is 4.48. The van der Waals surface area contributed by atoms with Crippen LogP contribution < -0.4 is 17.2 Å². The van der Waals surface area contributed by atoms with Crippen molar-refractivity contribution in [3.8, 4) is 11.3 Å².